The zero-order valence-corrected chi connectivity index (χ0v) is 35.5. The zero-order chi connectivity index (χ0) is 44.1. The van der Waals surface area contributed by atoms with Gasteiger partial charge in [0.25, 0.3) is 15.9 Å². The molecule has 6 rings (SSSR count). The highest BCUT2D eigenvalue weighted by atomic mass is 32.2. The van der Waals surface area contributed by atoms with Crippen LogP contribution in [0, 0.1) is 11.8 Å². The van der Waals surface area contributed by atoms with Gasteiger partial charge in [0.2, 0.25) is 11.8 Å². The lowest BCUT2D eigenvalue weighted by Crippen LogP contribution is -2.56. The van der Waals surface area contributed by atoms with Crippen LogP contribution in [0.2, 0.25) is 0 Å². The van der Waals surface area contributed by atoms with Crippen molar-refractivity contribution in [2.24, 2.45) is 11.8 Å². The second-order valence-electron chi connectivity index (χ2n) is 16.0. The fraction of sp³-hybridized carbons (Fsp3) is 0.283. The molecule has 61 heavy (non-hydrogen) atoms. The van der Waals surface area contributed by atoms with E-state index < -0.39 is 68.9 Å². The first-order chi connectivity index (χ1) is 28.9. The van der Waals surface area contributed by atoms with E-state index in [1.807, 2.05) is 48.5 Å². The molecule has 0 saturated heterocycles. The first-order valence-corrected chi connectivity index (χ1v) is 21.1. The fourth-order valence-electron chi connectivity index (χ4n) is 6.70. The van der Waals surface area contributed by atoms with Crippen molar-refractivity contribution in [3.05, 3.63) is 127 Å². The molecule has 0 bridgehead atoms. The maximum atomic E-state index is 14.4. The number of amides is 4. The SMILES string of the molecule is C=C[C@@H]1C[C@]1(NC(=O)[C@H](NC(=O)[C@@H](NC(=O)OC(C)(C)C)C(C)C)c1ccc(Oc2cc(-c3ccccc3)nc3cc(OC)ccc23)cc1)C(=O)NS(=O)(=O)c1ccccc1. The van der Waals surface area contributed by atoms with Gasteiger partial charge in [-0.15, -0.1) is 6.58 Å². The maximum absolute atomic E-state index is 14.4. The van der Waals surface area contributed by atoms with Gasteiger partial charge in [-0.3, -0.25) is 14.4 Å². The molecule has 4 amide bonds. The molecule has 4 atom stereocenters. The number of hydrogen-bond donors (Lipinski definition) is 4. The molecule has 0 aliphatic heterocycles. The Morgan fingerprint density at radius 2 is 1.49 bits per heavy atom. The number of rotatable bonds is 15. The summed E-state index contributed by atoms with van der Waals surface area (Å²) in [6, 6.07) is 28.1. The number of methoxy groups -OCH3 is 1. The summed E-state index contributed by atoms with van der Waals surface area (Å²) in [6.07, 6.45) is 0.677. The summed E-state index contributed by atoms with van der Waals surface area (Å²) in [5, 5.41) is 8.79. The molecule has 0 radical (unpaired) electrons. The quantitative estimate of drug-likeness (QED) is 0.0800. The second-order valence-corrected chi connectivity index (χ2v) is 17.7. The fourth-order valence-corrected chi connectivity index (χ4v) is 7.76. The summed E-state index contributed by atoms with van der Waals surface area (Å²) in [4.78, 5) is 59.7. The summed E-state index contributed by atoms with van der Waals surface area (Å²) in [5.41, 5.74) is -0.0762. The van der Waals surface area contributed by atoms with Crippen LogP contribution in [0.4, 0.5) is 4.79 Å². The second kappa shape index (κ2) is 17.9. The van der Waals surface area contributed by atoms with Gasteiger partial charge in [0, 0.05) is 29.0 Å². The summed E-state index contributed by atoms with van der Waals surface area (Å²) in [5.74, 6) is -2.06. The van der Waals surface area contributed by atoms with Gasteiger partial charge < -0.3 is 30.2 Å². The van der Waals surface area contributed by atoms with Gasteiger partial charge in [0.05, 0.1) is 23.2 Å². The van der Waals surface area contributed by atoms with Crippen LogP contribution >= 0.6 is 0 Å². The van der Waals surface area contributed by atoms with Gasteiger partial charge in [-0.1, -0.05) is 80.6 Å². The Morgan fingerprint density at radius 1 is 0.852 bits per heavy atom. The molecule has 1 saturated carbocycles. The van der Waals surface area contributed by atoms with Gasteiger partial charge in [-0.05, 0) is 75.1 Å². The minimum atomic E-state index is -4.30. The Hall–Kier alpha value is -6.74. The minimum absolute atomic E-state index is 0.0530. The molecule has 14 nitrogen and oxygen atoms in total. The standard InChI is InChI=1S/C46H49N5O9S/c1-8-31-27-46(31,43(54)51-61(56,57)34-17-13-10-14-18-34)50-42(53)40(48-41(52)39(28(2)3)49-44(55)60-45(4,5)6)30-19-21-32(22-20-30)59-38-26-36(29-15-11-9-12-16-29)47-37-25-33(58-7)23-24-35(37)38/h8-26,28,31,39-40H,1,27H2,2-7H3,(H,48,52)(H,49,55)(H,50,53)(H,51,54)/t31-,39+,40-,46-/m1/s1. The molecule has 1 aromatic heterocycles. The van der Waals surface area contributed by atoms with Crippen molar-refractivity contribution in [1.82, 2.24) is 25.7 Å². The molecule has 5 aromatic rings. The van der Waals surface area contributed by atoms with Crippen LogP contribution in [0.5, 0.6) is 17.2 Å². The Balaban J connectivity index is 1.32. The topological polar surface area (TPSA) is 191 Å². The first-order valence-electron chi connectivity index (χ1n) is 19.6. The molecule has 0 unspecified atom stereocenters. The van der Waals surface area contributed by atoms with Crippen LogP contribution in [0.25, 0.3) is 22.2 Å². The van der Waals surface area contributed by atoms with Crippen molar-refractivity contribution < 1.29 is 41.8 Å². The number of nitrogens with zero attached hydrogens (tertiary/aromatic N) is 1. The van der Waals surface area contributed by atoms with E-state index in [-0.39, 0.29) is 16.9 Å². The highest BCUT2D eigenvalue weighted by Gasteiger charge is 2.61. The van der Waals surface area contributed by atoms with E-state index in [0.29, 0.717) is 33.8 Å². The van der Waals surface area contributed by atoms with Crippen molar-refractivity contribution in [1.29, 1.82) is 0 Å². The van der Waals surface area contributed by atoms with Crippen molar-refractivity contribution in [2.45, 2.75) is 69.2 Å². The molecule has 4 aromatic carbocycles. The van der Waals surface area contributed by atoms with Crippen molar-refractivity contribution in [2.75, 3.05) is 7.11 Å². The van der Waals surface area contributed by atoms with Crippen molar-refractivity contribution in [3.8, 4) is 28.5 Å². The lowest BCUT2D eigenvalue weighted by atomic mass is 10.0. The van der Waals surface area contributed by atoms with E-state index in [1.54, 1.807) is 78.1 Å². The third-order valence-electron chi connectivity index (χ3n) is 9.99. The summed E-state index contributed by atoms with van der Waals surface area (Å²) in [7, 11) is -2.73. The third kappa shape index (κ3) is 10.4. The molecule has 1 fully saturated rings. The van der Waals surface area contributed by atoms with Crippen LogP contribution in [0.3, 0.4) is 0 Å². The molecule has 4 N–H and O–H groups in total. The van der Waals surface area contributed by atoms with E-state index >= 15 is 0 Å². The normalized spacial score (nSPS) is 17.0. The Morgan fingerprint density at radius 3 is 2.08 bits per heavy atom. The van der Waals surface area contributed by atoms with E-state index in [0.717, 1.165) is 5.56 Å². The Bertz CT molecular complexity index is 2540. The minimum Gasteiger partial charge on any atom is -0.497 e. The number of alkyl carbamates (subject to hydrolysis) is 1. The number of benzene rings is 4. The van der Waals surface area contributed by atoms with Crippen LogP contribution in [-0.2, 0) is 29.1 Å². The number of carbonyl (C=O) groups excluding carboxylic acids is 4. The predicted octanol–water partition coefficient (Wildman–Crippen LogP) is 6.98. The van der Waals surface area contributed by atoms with Crippen molar-refractivity contribution >= 4 is 44.7 Å². The summed E-state index contributed by atoms with van der Waals surface area (Å²) >= 11 is 0. The number of aromatic nitrogens is 1. The molecule has 1 aliphatic carbocycles. The lowest BCUT2D eigenvalue weighted by molar-refractivity contribution is -0.133. The van der Waals surface area contributed by atoms with Gasteiger partial charge in [0.1, 0.15) is 40.5 Å². The maximum Gasteiger partial charge on any atom is 0.408 e. The number of carbonyl (C=O) groups is 4. The number of nitrogens with one attached hydrogen (secondary N) is 4. The molecular formula is C46H49N5O9S. The van der Waals surface area contributed by atoms with E-state index in [9.17, 15) is 27.6 Å². The molecule has 1 heterocycles. The number of pyridine rings is 1. The largest absolute Gasteiger partial charge is 0.497 e. The molecule has 15 heteroatoms. The number of sulfonamides is 1. The highest BCUT2D eigenvalue weighted by Crippen LogP contribution is 2.45. The molecule has 0 spiro atoms. The molecule has 318 valence electrons. The van der Waals surface area contributed by atoms with Crippen molar-refractivity contribution in [3.63, 3.8) is 0 Å². The van der Waals surface area contributed by atoms with E-state index in [4.69, 9.17) is 19.2 Å². The monoisotopic (exact) mass is 847 g/mol. The number of fused-ring (bicyclic) bond motifs is 1. The lowest BCUT2D eigenvalue weighted by Gasteiger charge is -2.28. The summed E-state index contributed by atoms with van der Waals surface area (Å²) in [6.45, 7) is 12.3. The average molecular weight is 848 g/mol. The number of ether oxygens (including phenoxy) is 3. The third-order valence-corrected chi connectivity index (χ3v) is 11.3. The smallest absolute Gasteiger partial charge is 0.408 e. The predicted molar refractivity (Wildman–Crippen MR) is 230 cm³/mol. The van der Waals surface area contributed by atoms with Gasteiger partial charge in [0.15, 0.2) is 0 Å². The molecule has 1 aliphatic rings. The highest BCUT2D eigenvalue weighted by molar-refractivity contribution is 7.90. The number of hydrogen-bond acceptors (Lipinski definition) is 10. The van der Waals surface area contributed by atoms with Crippen LogP contribution < -0.4 is 30.1 Å². The van der Waals surface area contributed by atoms with Crippen LogP contribution in [0.1, 0.15) is 52.6 Å². The zero-order valence-electron chi connectivity index (χ0n) is 34.7. The average Bonchev–Trinajstić information content (AvgIpc) is 3.95. The molecular weight excluding hydrogens is 799 g/mol. The van der Waals surface area contributed by atoms with Crippen LogP contribution in [0.15, 0.2) is 127 Å². The van der Waals surface area contributed by atoms with Gasteiger partial charge in [-0.25, -0.2) is 22.9 Å². The van der Waals surface area contributed by atoms with Crippen LogP contribution in [-0.4, -0.2) is 61.5 Å². The Kier molecular flexibility index (Phi) is 12.8. The first kappa shape index (κ1) is 43.8. The van der Waals surface area contributed by atoms with E-state index in [2.05, 4.69) is 27.3 Å². The van der Waals surface area contributed by atoms with Gasteiger partial charge >= 0.3 is 6.09 Å². The van der Waals surface area contributed by atoms with E-state index in [1.165, 1.54) is 30.3 Å². The van der Waals surface area contributed by atoms with Gasteiger partial charge in [-0.2, -0.15) is 0 Å². The Labute approximate surface area is 355 Å². The summed E-state index contributed by atoms with van der Waals surface area (Å²) < 4.78 is 45.7.